The van der Waals surface area contributed by atoms with E-state index in [-0.39, 0.29) is 0 Å². The van der Waals surface area contributed by atoms with E-state index in [1.807, 2.05) is 0 Å². The lowest BCUT2D eigenvalue weighted by molar-refractivity contribution is 0.122. The summed E-state index contributed by atoms with van der Waals surface area (Å²) in [6, 6.07) is 1.80. The zero-order valence-electron chi connectivity index (χ0n) is 8.12. The van der Waals surface area contributed by atoms with Crippen LogP contribution < -0.4 is 4.90 Å². The number of ether oxygens (including phenoxy) is 1. The fourth-order valence-electron chi connectivity index (χ4n) is 1.42. The second kappa shape index (κ2) is 5.27. The predicted molar refractivity (Wildman–Crippen MR) is 67.8 cm³/mol. The van der Waals surface area contributed by atoms with E-state index in [2.05, 4.69) is 37.5 Å². The van der Waals surface area contributed by atoms with Crippen LogP contribution in [0.3, 0.4) is 0 Å². The van der Waals surface area contributed by atoms with Gasteiger partial charge in [0.25, 0.3) is 0 Å². The Morgan fingerprint density at radius 3 is 2.80 bits per heavy atom. The first-order valence-corrected chi connectivity index (χ1v) is 6.62. The van der Waals surface area contributed by atoms with Gasteiger partial charge in [-0.3, -0.25) is 0 Å². The van der Waals surface area contributed by atoms with Crippen molar-refractivity contribution in [3.05, 3.63) is 16.9 Å². The number of halogens is 2. The average Bonchev–Trinajstić information content (AvgIpc) is 2.29. The first-order valence-electron chi connectivity index (χ1n) is 4.71. The lowest BCUT2D eigenvalue weighted by atomic mass is 10.4. The Morgan fingerprint density at radius 1 is 1.40 bits per heavy atom. The molecule has 0 radical (unpaired) electrons. The van der Waals surface area contributed by atoms with Crippen LogP contribution in [0.15, 0.2) is 6.07 Å². The van der Waals surface area contributed by atoms with E-state index in [9.17, 15) is 0 Å². The molecule has 1 aromatic heterocycles. The fraction of sp³-hybridized carbons (Fsp3) is 0.556. The molecule has 0 saturated carbocycles. The Kier molecular flexibility index (Phi) is 3.99. The highest BCUT2D eigenvalue weighted by Gasteiger charge is 2.14. The molecule has 1 saturated heterocycles. The van der Waals surface area contributed by atoms with Gasteiger partial charge in [0.1, 0.15) is 5.15 Å². The first-order chi connectivity index (χ1) is 7.29. The van der Waals surface area contributed by atoms with Gasteiger partial charge in [-0.15, -0.1) is 0 Å². The Bertz CT molecular complexity index is 344. The molecule has 0 aliphatic carbocycles. The number of hydrogen-bond donors (Lipinski definition) is 0. The molecule has 0 aromatic carbocycles. The SMILES string of the molecule is Clc1cc(CI)nc(N2CCOCC2)n1. The van der Waals surface area contributed by atoms with E-state index in [4.69, 9.17) is 16.3 Å². The minimum atomic E-state index is 0.512. The van der Waals surface area contributed by atoms with Gasteiger partial charge in [0.15, 0.2) is 0 Å². The molecule has 2 heterocycles. The number of rotatable bonds is 2. The van der Waals surface area contributed by atoms with Crippen molar-refractivity contribution < 1.29 is 4.74 Å². The zero-order chi connectivity index (χ0) is 10.7. The molecule has 1 aliphatic heterocycles. The molecule has 15 heavy (non-hydrogen) atoms. The van der Waals surface area contributed by atoms with E-state index in [0.717, 1.165) is 42.4 Å². The Labute approximate surface area is 107 Å². The first kappa shape index (κ1) is 11.3. The molecule has 4 nitrogen and oxygen atoms in total. The van der Waals surface area contributed by atoms with Crippen molar-refractivity contribution in [1.82, 2.24) is 9.97 Å². The molecule has 2 rings (SSSR count). The maximum Gasteiger partial charge on any atom is 0.227 e. The minimum absolute atomic E-state index is 0.512. The standard InChI is InChI=1S/C9H11ClIN3O/c10-8-5-7(6-11)12-9(13-8)14-1-3-15-4-2-14/h5H,1-4,6H2. The fourth-order valence-corrected chi connectivity index (χ4v) is 2.02. The van der Waals surface area contributed by atoms with Gasteiger partial charge in [-0.25, -0.2) is 9.97 Å². The number of hydrogen-bond acceptors (Lipinski definition) is 4. The molecular weight excluding hydrogens is 328 g/mol. The summed E-state index contributed by atoms with van der Waals surface area (Å²) in [4.78, 5) is 10.8. The Morgan fingerprint density at radius 2 is 2.13 bits per heavy atom. The maximum atomic E-state index is 5.94. The van der Waals surface area contributed by atoms with Gasteiger partial charge in [0.2, 0.25) is 5.95 Å². The largest absolute Gasteiger partial charge is 0.378 e. The molecular formula is C9H11ClIN3O. The Hall–Kier alpha value is -0.140. The third kappa shape index (κ3) is 2.92. The molecule has 0 amide bonds. The van der Waals surface area contributed by atoms with Crippen molar-refractivity contribution in [2.45, 2.75) is 4.43 Å². The summed E-state index contributed by atoms with van der Waals surface area (Å²) < 4.78 is 6.12. The molecule has 1 aromatic rings. The van der Waals surface area contributed by atoms with Crippen molar-refractivity contribution in [2.75, 3.05) is 31.2 Å². The number of morpholine rings is 1. The van der Waals surface area contributed by atoms with Crippen LogP contribution in [0.1, 0.15) is 5.69 Å². The molecule has 0 N–H and O–H groups in total. The van der Waals surface area contributed by atoms with E-state index < -0.39 is 0 Å². The summed E-state index contributed by atoms with van der Waals surface area (Å²) in [5.74, 6) is 0.720. The van der Waals surface area contributed by atoms with E-state index >= 15 is 0 Å². The average molecular weight is 340 g/mol. The van der Waals surface area contributed by atoms with Gasteiger partial charge >= 0.3 is 0 Å². The van der Waals surface area contributed by atoms with Crippen LogP contribution in [0.5, 0.6) is 0 Å². The van der Waals surface area contributed by atoms with Crippen LogP contribution in [-0.4, -0.2) is 36.3 Å². The van der Waals surface area contributed by atoms with Gasteiger partial charge in [0, 0.05) is 17.5 Å². The summed E-state index contributed by atoms with van der Waals surface area (Å²) >= 11 is 8.20. The van der Waals surface area contributed by atoms with Crippen molar-refractivity contribution >= 4 is 40.1 Å². The second-order valence-corrected chi connectivity index (χ2v) is 4.37. The number of nitrogens with zero attached hydrogens (tertiary/aromatic N) is 3. The lowest BCUT2D eigenvalue weighted by Gasteiger charge is -2.26. The van der Waals surface area contributed by atoms with Crippen LogP contribution in [0, 0.1) is 0 Å². The van der Waals surface area contributed by atoms with E-state index in [0.29, 0.717) is 5.15 Å². The highest BCUT2D eigenvalue weighted by molar-refractivity contribution is 14.1. The normalized spacial score (nSPS) is 16.8. The van der Waals surface area contributed by atoms with Crippen LogP contribution in [0.25, 0.3) is 0 Å². The molecule has 0 spiro atoms. The zero-order valence-corrected chi connectivity index (χ0v) is 11.0. The molecule has 1 aliphatic rings. The lowest BCUT2D eigenvalue weighted by Crippen LogP contribution is -2.37. The highest BCUT2D eigenvalue weighted by atomic mass is 127. The van der Waals surface area contributed by atoms with E-state index in [1.54, 1.807) is 6.07 Å². The summed E-state index contributed by atoms with van der Waals surface area (Å²) in [5.41, 5.74) is 0.970. The number of anilines is 1. The molecule has 6 heteroatoms. The van der Waals surface area contributed by atoms with Crippen molar-refractivity contribution in [3.63, 3.8) is 0 Å². The van der Waals surface area contributed by atoms with Gasteiger partial charge in [-0.05, 0) is 6.07 Å². The third-order valence-electron chi connectivity index (χ3n) is 2.17. The van der Waals surface area contributed by atoms with Gasteiger partial charge in [0.05, 0.1) is 18.9 Å². The quantitative estimate of drug-likeness (QED) is 0.469. The van der Waals surface area contributed by atoms with Gasteiger partial charge in [-0.1, -0.05) is 34.2 Å². The van der Waals surface area contributed by atoms with E-state index in [1.165, 1.54) is 0 Å². The molecule has 0 atom stereocenters. The molecule has 1 fully saturated rings. The van der Waals surface area contributed by atoms with Gasteiger partial charge in [-0.2, -0.15) is 0 Å². The maximum absolute atomic E-state index is 5.94. The van der Waals surface area contributed by atoms with Gasteiger partial charge < -0.3 is 9.64 Å². The molecule has 82 valence electrons. The van der Waals surface area contributed by atoms with Crippen molar-refractivity contribution in [2.24, 2.45) is 0 Å². The van der Waals surface area contributed by atoms with Crippen molar-refractivity contribution in [3.8, 4) is 0 Å². The number of alkyl halides is 1. The van der Waals surface area contributed by atoms with Crippen LogP contribution >= 0.6 is 34.2 Å². The highest BCUT2D eigenvalue weighted by Crippen LogP contribution is 2.16. The second-order valence-electron chi connectivity index (χ2n) is 3.22. The smallest absolute Gasteiger partial charge is 0.227 e. The summed E-state index contributed by atoms with van der Waals surface area (Å²) in [5, 5.41) is 0.512. The summed E-state index contributed by atoms with van der Waals surface area (Å²) in [6.45, 7) is 3.13. The Balaban J connectivity index is 2.22. The topological polar surface area (TPSA) is 38.2 Å². The monoisotopic (exact) mass is 339 g/mol. The number of aromatic nitrogens is 2. The third-order valence-corrected chi connectivity index (χ3v) is 3.14. The summed E-state index contributed by atoms with van der Waals surface area (Å²) in [6.07, 6.45) is 0. The van der Waals surface area contributed by atoms with Crippen LogP contribution in [0.2, 0.25) is 5.15 Å². The van der Waals surface area contributed by atoms with Crippen LogP contribution in [0.4, 0.5) is 5.95 Å². The predicted octanol–water partition coefficient (Wildman–Crippen LogP) is 1.90. The minimum Gasteiger partial charge on any atom is -0.378 e. The summed E-state index contributed by atoms with van der Waals surface area (Å²) in [7, 11) is 0. The molecule has 0 bridgehead atoms. The molecule has 0 unspecified atom stereocenters. The van der Waals surface area contributed by atoms with Crippen LogP contribution in [-0.2, 0) is 9.16 Å². The van der Waals surface area contributed by atoms with Crippen molar-refractivity contribution in [1.29, 1.82) is 0 Å².